The molecule has 0 spiro atoms. The van der Waals surface area contributed by atoms with Gasteiger partial charge < -0.3 is 0 Å². The standard InChI is InChI=1S/2C20H30N4O/c2*1-5-8-17(23-12-7-9-14(3)13-23)19-22-18-16(11-10-15(4)21-18)20(25)24(19)6-2/h2*10-11,14,17H,5-9,12-13H2,1-4H3/t14-,17+;14-,17-/m11/s1. The molecule has 2 aliphatic rings. The second-order valence-corrected chi connectivity index (χ2v) is 14.8. The van der Waals surface area contributed by atoms with Crippen LogP contribution in [0.3, 0.4) is 0 Å². The van der Waals surface area contributed by atoms with E-state index in [-0.39, 0.29) is 23.2 Å². The molecule has 0 radical (unpaired) electrons. The molecule has 6 heterocycles. The highest BCUT2D eigenvalue weighted by atomic mass is 16.1. The summed E-state index contributed by atoms with van der Waals surface area (Å²) in [6.45, 7) is 22.7. The van der Waals surface area contributed by atoms with E-state index in [9.17, 15) is 9.59 Å². The third kappa shape index (κ3) is 8.34. The molecule has 0 saturated carbocycles. The lowest BCUT2D eigenvalue weighted by molar-refractivity contribution is 0.114. The van der Waals surface area contributed by atoms with Crippen molar-refractivity contribution in [3.8, 4) is 0 Å². The van der Waals surface area contributed by atoms with E-state index in [1.165, 1.54) is 25.7 Å². The molecule has 50 heavy (non-hydrogen) atoms. The molecule has 2 saturated heterocycles. The maximum absolute atomic E-state index is 13.0. The Hall–Kier alpha value is -3.50. The Labute approximate surface area is 298 Å². The number of aryl methyl sites for hydroxylation is 2. The Morgan fingerprint density at radius 3 is 1.38 bits per heavy atom. The summed E-state index contributed by atoms with van der Waals surface area (Å²) in [7, 11) is 0. The Bertz CT molecular complexity index is 1730. The molecule has 0 amide bonds. The lowest BCUT2D eigenvalue weighted by Gasteiger charge is -2.37. The number of hydrogen-bond acceptors (Lipinski definition) is 8. The summed E-state index contributed by atoms with van der Waals surface area (Å²) >= 11 is 0. The van der Waals surface area contributed by atoms with Gasteiger partial charge in [0.05, 0.1) is 22.9 Å². The second kappa shape index (κ2) is 17.1. The van der Waals surface area contributed by atoms with Crippen molar-refractivity contribution in [3.05, 3.63) is 68.0 Å². The van der Waals surface area contributed by atoms with Crippen LogP contribution in [-0.4, -0.2) is 65.0 Å². The molecule has 0 aliphatic carbocycles. The van der Waals surface area contributed by atoms with Crippen LogP contribution < -0.4 is 11.1 Å². The molecular formula is C40H60N8O2. The first kappa shape index (κ1) is 37.7. The first-order valence-electron chi connectivity index (χ1n) is 19.3. The molecule has 0 N–H and O–H groups in total. The summed E-state index contributed by atoms with van der Waals surface area (Å²) in [6.07, 6.45) is 9.24. The Morgan fingerprint density at radius 1 is 0.640 bits per heavy atom. The largest absolute Gasteiger partial charge is 0.295 e. The number of piperidine rings is 2. The fraction of sp³-hybridized carbons (Fsp3) is 0.650. The molecular weight excluding hydrogens is 624 g/mol. The number of likely N-dealkylation sites (tertiary alicyclic amines) is 2. The van der Waals surface area contributed by atoms with Gasteiger partial charge in [0, 0.05) is 37.6 Å². The van der Waals surface area contributed by atoms with Gasteiger partial charge in [-0.15, -0.1) is 0 Å². The van der Waals surface area contributed by atoms with Gasteiger partial charge in [-0.2, -0.15) is 0 Å². The lowest BCUT2D eigenvalue weighted by atomic mass is 9.97. The van der Waals surface area contributed by atoms with E-state index in [0.29, 0.717) is 47.0 Å². The zero-order valence-corrected chi connectivity index (χ0v) is 31.9. The molecule has 272 valence electrons. The molecule has 0 unspecified atom stereocenters. The molecule has 0 bridgehead atoms. The Kier molecular flexibility index (Phi) is 12.9. The van der Waals surface area contributed by atoms with Gasteiger partial charge in [-0.05, 0) is 115 Å². The van der Waals surface area contributed by atoms with Crippen LogP contribution in [0.2, 0.25) is 0 Å². The van der Waals surface area contributed by atoms with Gasteiger partial charge in [-0.3, -0.25) is 28.5 Å². The smallest absolute Gasteiger partial charge is 0.263 e. The van der Waals surface area contributed by atoms with Crippen molar-refractivity contribution in [3.63, 3.8) is 0 Å². The van der Waals surface area contributed by atoms with Crippen LogP contribution in [0.5, 0.6) is 0 Å². The highest BCUT2D eigenvalue weighted by molar-refractivity contribution is 5.74. The Balaban J connectivity index is 0.000000194. The topological polar surface area (TPSA) is 102 Å². The predicted octanol–water partition coefficient (Wildman–Crippen LogP) is 7.39. The third-order valence-corrected chi connectivity index (χ3v) is 10.6. The Morgan fingerprint density at radius 2 is 1.04 bits per heavy atom. The minimum absolute atomic E-state index is 0.0427. The number of hydrogen-bond donors (Lipinski definition) is 0. The maximum Gasteiger partial charge on any atom is 0.263 e. The van der Waals surface area contributed by atoms with Gasteiger partial charge in [-0.1, -0.05) is 40.5 Å². The third-order valence-electron chi connectivity index (χ3n) is 10.6. The average Bonchev–Trinajstić information content (AvgIpc) is 3.09. The summed E-state index contributed by atoms with van der Waals surface area (Å²) in [5.74, 6) is 3.20. The van der Waals surface area contributed by atoms with Crippen LogP contribution >= 0.6 is 0 Å². The van der Waals surface area contributed by atoms with Crippen molar-refractivity contribution in [1.82, 2.24) is 38.9 Å². The zero-order valence-electron chi connectivity index (χ0n) is 31.9. The van der Waals surface area contributed by atoms with Crippen molar-refractivity contribution in [1.29, 1.82) is 0 Å². The van der Waals surface area contributed by atoms with Gasteiger partial charge in [-0.25, -0.2) is 19.9 Å². The monoisotopic (exact) mass is 684 g/mol. The summed E-state index contributed by atoms with van der Waals surface area (Å²) in [6, 6.07) is 7.91. The quantitative estimate of drug-likeness (QED) is 0.171. The summed E-state index contributed by atoms with van der Waals surface area (Å²) in [5.41, 5.74) is 3.07. The van der Waals surface area contributed by atoms with Crippen molar-refractivity contribution in [2.45, 2.75) is 132 Å². The zero-order chi connectivity index (χ0) is 35.9. The van der Waals surface area contributed by atoms with Crippen LogP contribution in [0.25, 0.3) is 22.1 Å². The highest BCUT2D eigenvalue weighted by Gasteiger charge is 2.30. The van der Waals surface area contributed by atoms with Crippen LogP contribution in [0, 0.1) is 25.7 Å². The van der Waals surface area contributed by atoms with Crippen LogP contribution in [-0.2, 0) is 13.1 Å². The van der Waals surface area contributed by atoms with E-state index in [0.717, 1.165) is 74.9 Å². The number of pyridine rings is 2. The summed E-state index contributed by atoms with van der Waals surface area (Å²) in [4.78, 5) is 50.0. The minimum Gasteiger partial charge on any atom is -0.295 e. The van der Waals surface area contributed by atoms with Gasteiger partial charge in [0.15, 0.2) is 11.3 Å². The maximum atomic E-state index is 13.0. The molecule has 4 aromatic rings. The molecule has 0 aromatic carbocycles. The first-order chi connectivity index (χ1) is 24.1. The van der Waals surface area contributed by atoms with Gasteiger partial charge in [0.25, 0.3) is 11.1 Å². The number of nitrogens with zero attached hydrogens (tertiary/aromatic N) is 8. The molecule has 4 aromatic heterocycles. The van der Waals surface area contributed by atoms with Crippen molar-refractivity contribution in [2.24, 2.45) is 11.8 Å². The van der Waals surface area contributed by atoms with Crippen molar-refractivity contribution < 1.29 is 0 Å². The molecule has 10 heteroatoms. The van der Waals surface area contributed by atoms with E-state index < -0.39 is 0 Å². The number of rotatable bonds is 10. The number of fused-ring (bicyclic) bond motifs is 2. The second-order valence-electron chi connectivity index (χ2n) is 14.8. The lowest BCUT2D eigenvalue weighted by Crippen LogP contribution is -2.40. The summed E-state index contributed by atoms with van der Waals surface area (Å²) in [5, 5.41) is 1.25. The number of aromatic nitrogens is 6. The van der Waals surface area contributed by atoms with Crippen molar-refractivity contribution >= 4 is 22.1 Å². The first-order valence-corrected chi connectivity index (χ1v) is 19.3. The van der Waals surface area contributed by atoms with Crippen LogP contribution in [0.4, 0.5) is 0 Å². The molecule has 4 atom stereocenters. The SMILES string of the molecule is CCC[C@@H](c1nc2nc(C)ccc2c(=O)n1CC)N1CCC[C@@H](C)C1.CCC[C@H](c1nc2nc(C)ccc2c(=O)n1CC)N1CCC[C@@H](C)C1. The van der Waals surface area contributed by atoms with Gasteiger partial charge in [0.1, 0.15) is 11.6 Å². The fourth-order valence-corrected chi connectivity index (χ4v) is 8.06. The molecule has 2 aliphatic heterocycles. The fourth-order valence-electron chi connectivity index (χ4n) is 8.06. The van der Waals surface area contributed by atoms with Crippen molar-refractivity contribution in [2.75, 3.05) is 26.2 Å². The average molecular weight is 685 g/mol. The van der Waals surface area contributed by atoms with E-state index in [4.69, 9.17) is 9.97 Å². The highest BCUT2D eigenvalue weighted by Crippen LogP contribution is 2.31. The molecule has 10 nitrogen and oxygen atoms in total. The van der Waals surface area contributed by atoms with E-state index in [1.54, 1.807) is 0 Å². The van der Waals surface area contributed by atoms with E-state index in [2.05, 4.69) is 47.5 Å². The van der Waals surface area contributed by atoms with E-state index in [1.807, 2.05) is 61.1 Å². The summed E-state index contributed by atoms with van der Waals surface area (Å²) < 4.78 is 3.72. The van der Waals surface area contributed by atoms with Crippen LogP contribution in [0.15, 0.2) is 33.9 Å². The van der Waals surface area contributed by atoms with E-state index >= 15 is 0 Å². The molecule has 2 fully saturated rings. The minimum atomic E-state index is 0.0427. The van der Waals surface area contributed by atoms with Gasteiger partial charge in [0.2, 0.25) is 0 Å². The van der Waals surface area contributed by atoms with Gasteiger partial charge >= 0.3 is 0 Å². The normalized spacial score (nSPS) is 20.1. The molecule has 6 rings (SSSR count). The van der Waals surface area contributed by atoms with Crippen LogP contribution in [0.1, 0.15) is 128 Å². The predicted molar refractivity (Wildman–Crippen MR) is 204 cm³/mol.